The highest BCUT2D eigenvalue weighted by Gasteiger charge is 2.38. The smallest absolute Gasteiger partial charge is 0.226 e. The van der Waals surface area contributed by atoms with Crippen LogP contribution in [0.5, 0.6) is 0 Å². The van der Waals surface area contributed by atoms with Gasteiger partial charge in [0.2, 0.25) is 5.91 Å². The highest BCUT2D eigenvalue weighted by atomic mass is 32.1. The average Bonchev–Trinajstić information content (AvgIpc) is 2.62. The lowest BCUT2D eigenvalue weighted by Crippen LogP contribution is -2.42. The van der Waals surface area contributed by atoms with Crippen LogP contribution in [0.25, 0.3) is 0 Å². The molecule has 1 saturated carbocycles. The average molecular weight is 361 g/mol. The van der Waals surface area contributed by atoms with Crippen molar-refractivity contribution in [3.63, 3.8) is 0 Å². The Balaban J connectivity index is 1.81. The van der Waals surface area contributed by atoms with Crippen molar-refractivity contribution in [3.8, 4) is 0 Å². The predicted molar refractivity (Wildman–Crippen MR) is 109 cm³/mol. The zero-order chi connectivity index (χ0) is 18.1. The lowest BCUT2D eigenvalue weighted by atomic mass is 9.70. The van der Waals surface area contributed by atoms with Crippen LogP contribution in [-0.4, -0.2) is 18.7 Å². The summed E-state index contributed by atoms with van der Waals surface area (Å²) in [6, 6.07) is 6.19. The molecule has 1 amide bonds. The summed E-state index contributed by atoms with van der Waals surface area (Å²) < 4.78 is 0. The van der Waals surface area contributed by atoms with E-state index in [2.05, 4.69) is 42.0 Å². The van der Waals surface area contributed by atoms with Crippen LogP contribution in [-0.2, 0) is 11.2 Å². The van der Waals surface area contributed by atoms with E-state index in [0.717, 1.165) is 55.7 Å². The molecule has 2 rings (SSSR count). The van der Waals surface area contributed by atoms with Gasteiger partial charge in [0, 0.05) is 23.1 Å². The van der Waals surface area contributed by atoms with Gasteiger partial charge in [-0.15, -0.1) is 12.6 Å². The first kappa shape index (κ1) is 20.0. The number of rotatable bonds is 8. The van der Waals surface area contributed by atoms with Crippen molar-refractivity contribution in [2.75, 3.05) is 6.54 Å². The van der Waals surface area contributed by atoms with Gasteiger partial charge in [-0.2, -0.15) is 0 Å². The molecule has 1 aliphatic rings. The molecular formula is C21H32N2OS. The van der Waals surface area contributed by atoms with Crippen LogP contribution in [0.2, 0.25) is 0 Å². The summed E-state index contributed by atoms with van der Waals surface area (Å²) in [5.74, 6) is 0.288. The summed E-state index contributed by atoms with van der Waals surface area (Å²) in [5, 5.41) is 3.21. The molecule has 138 valence electrons. The molecule has 0 spiro atoms. The zero-order valence-corrected chi connectivity index (χ0v) is 16.6. The fourth-order valence-electron chi connectivity index (χ4n) is 3.95. The van der Waals surface area contributed by atoms with Gasteiger partial charge < -0.3 is 5.32 Å². The highest BCUT2D eigenvalue weighted by molar-refractivity contribution is 7.80. The Morgan fingerprint density at radius 1 is 1.32 bits per heavy atom. The van der Waals surface area contributed by atoms with Crippen molar-refractivity contribution in [1.29, 1.82) is 0 Å². The molecule has 4 heteroatoms. The molecule has 1 aromatic rings. The number of thiol groups is 1. The van der Waals surface area contributed by atoms with E-state index in [1.807, 2.05) is 13.0 Å². The third-order valence-electron chi connectivity index (χ3n) is 5.26. The van der Waals surface area contributed by atoms with Crippen molar-refractivity contribution in [3.05, 3.63) is 23.8 Å². The Hall–Kier alpha value is -1.29. The minimum Gasteiger partial charge on any atom is -0.356 e. The number of benzene rings is 1. The highest BCUT2D eigenvalue weighted by Crippen LogP contribution is 2.40. The predicted octanol–water partition coefficient (Wildman–Crippen LogP) is 5.50. The van der Waals surface area contributed by atoms with Crippen LogP contribution in [0.15, 0.2) is 28.1 Å². The van der Waals surface area contributed by atoms with Gasteiger partial charge >= 0.3 is 0 Å². The largest absolute Gasteiger partial charge is 0.356 e. The van der Waals surface area contributed by atoms with Crippen LogP contribution in [0.4, 0.5) is 5.69 Å². The van der Waals surface area contributed by atoms with Gasteiger partial charge in [-0.05, 0) is 56.7 Å². The van der Waals surface area contributed by atoms with E-state index in [9.17, 15) is 4.79 Å². The molecule has 0 heterocycles. The Morgan fingerprint density at radius 2 is 2.08 bits per heavy atom. The Morgan fingerprint density at radius 3 is 2.72 bits per heavy atom. The molecule has 0 saturated heterocycles. The number of nitrogens with zero attached hydrogens (tertiary/aromatic N) is 1. The van der Waals surface area contributed by atoms with Gasteiger partial charge in [0.25, 0.3) is 0 Å². The van der Waals surface area contributed by atoms with E-state index < -0.39 is 0 Å². The Bertz CT molecular complexity index is 586. The molecule has 0 unspecified atom stereocenters. The molecule has 0 aromatic heterocycles. The first-order chi connectivity index (χ1) is 12.1. The standard InChI is InChI=1S/C21H32N2OS/c1-3-12-21(13-6-5-7-14-21)20(24)23-15-8-9-17-10-11-18(22-4-2)19(25)16-17/h4,10-11,16,25H,3,5-9,12-15H2,1-2H3,(H,23,24). The summed E-state index contributed by atoms with van der Waals surface area (Å²) in [6.45, 7) is 4.84. The van der Waals surface area contributed by atoms with Crippen molar-refractivity contribution in [2.45, 2.75) is 76.5 Å². The second kappa shape index (κ2) is 10.0. The number of aryl methyl sites for hydroxylation is 1. The molecular weight excluding hydrogens is 328 g/mol. The molecule has 1 N–H and O–H groups in total. The lowest BCUT2D eigenvalue weighted by Gasteiger charge is -2.35. The summed E-state index contributed by atoms with van der Waals surface area (Å²) in [7, 11) is 0. The summed E-state index contributed by atoms with van der Waals surface area (Å²) in [5.41, 5.74) is 2.06. The first-order valence-electron chi connectivity index (χ1n) is 9.70. The van der Waals surface area contributed by atoms with Gasteiger partial charge in [-0.1, -0.05) is 38.7 Å². The second-order valence-electron chi connectivity index (χ2n) is 7.16. The molecule has 0 bridgehead atoms. The van der Waals surface area contributed by atoms with E-state index in [1.165, 1.54) is 24.8 Å². The van der Waals surface area contributed by atoms with Crippen LogP contribution in [0.1, 0.15) is 70.8 Å². The van der Waals surface area contributed by atoms with E-state index in [0.29, 0.717) is 0 Å². The zero-order valence-electron chi connectivity index (χ0n) is 15.7. The molecule has 25 heavy (non-hydrogen) atoms. The van der Waals surface area contributed by atoms with Gasteiger partial charge in [0.15, 0.2) is 0 Å². The fourth-order valence-corrected chi connectivity index (χ4v) is 4.25. The minimum absolute atomic E-state index is 0.0922. The molecule has 0 radical (unpaired) electrons. The van der Waals surface area contributed by atoms with Crippen molar-refractivity contribution in [2.24, 2.45) is 10.4 Å². The summed E-state index contributed by atoms with van der Waals surface area (Å²) in [4.78, 5) is 17.9. The number of carbonyl (C=O) groups is 1. The van der Waals surface area contributed by atoms with Crippen molar-refractivity contribution < 1.29 is 4.79 Å². The number of amides is 1. The molecule has 1 fully saturated rings. The van der Waals surface area contributed by atoms with E-state index >= 15 is 0 Å². The van der Waals surface area contributed by atoms with Crippen LogP contribution < -0.4 is 5.32 Å². The Kier molecular flexibility index (Phi) is 8.01. The second-order valence-corrected chi connectivity index (χ2v) is 7.64. The maximum Gasteiger partial charge on any atom is 0.226 e. The molecule has 0 aliphatic heterocycles. The van der Waals surface area contributed by atoms with Gasteiger partial charge in [0.05, 0.1) is 5.69 Å². The van der Waals surface area contributed by atoms with E-state index in [-0.39, 0.29) is 11.3 Å². The normalized spacial score (nSPS) is 16.9. The summed E-state index contributed by atoms with van der Waals surface area (Å²) >= 11 is 4.50. The molecule has 0 atom stereocenters. The number of carbonyl (C=O) groups excluding carboxylic acids is 1. The fraction of sp³-hybridized carbons (Fsp3) is 0.619. The van der Waals surface area contributed by atoms with Crippen LogP contribution >= 0.6 is 12.6 Å². The van der Waals surface area contributed by atoms with E-state index in [4.69, 9.17) is 0 Å². The van der Waals surface area contributed by atoms with Crippen molar-refractivity contribution >= 4 is 30.4 Å². The van der Waals surface area contributed by atoms with Crippen LogP contribution in [0, 0.1) is 5.41 Å². The molecule has 1 aromatic carbocycles. The molecule has 3 nitrogen and oxygen atoms in total. The maximum atomic E-state index is 12.8. The number of aliphatic imine (C=N–C) groups is 1. The Labute approximate surface area is 158 Å². The third kappa shape index (κ3) is 5.60. The summed E-state index contributed by atoms with van der Waals surface area (Å²) in [6.07, 6.45) is 11.6. The van der Waals surface area contributed by atoms with Gasteiger partial charge in [-0.25, -0.2) is 0 Å². The first-order valence-corrected chi connectivity index (χ1v) is 10.1. The maximum absolute atomic E-state index is 12.8. The SMILES string of the molecule is CC=Nc1ccc(CCCNC(=O)C2(CCC)CCCCC2)cc1S. The van der Waals surface area contributed by atoms with Gasteiger partial charge in [-0.3, -0.25) is 9.79 Å². The molecule has 1 aliphatic carbocycles. The number of nitrogens with one attached hydrogen (secondary N) is 1. The third-order valence-corrected chi connectivity index (χ3v) is 5.61. The number of hydrogen-bond donors (Lipinski definition) is 2. The van der Waals surface area contributed by atoms with E-state index in [1.54, 1.807) is 6.21 Å². The lowest BCUT2D eigenvalue weighted by molar-refractivity contribution is -0.133. The quantitative estimate of drug-likeness (QED) is 0.359. The van der Waals surface area contributed by atoms with Crippen molar-refractivity contribution in [1.82, 2.24) is 5.32 Å². The minimum atomic E-state index is -0.0922. The van der Waals surface area contributed by atoms with Crippen LogP contribution in [0.3, 0.4) is 0 Å². The topological polar surface area (TPSA) is 41.5 Å². The monoisotopic (exact) mass is 360 g/mol. The number of hydrogen-bond acceptors (Lipinski definition) is 3. The van der Waals surface area contributed by atoms with Gasteiger partial charge in [0.1, 0.15) is 0 Å².